The average Bonchev–Trinajstić information content (AvgIpc) is 3.06. The number of hydrogen-bond acceptors (Lipinski definition) is 6. The van der Waals surface area contributed by atoms with E-state index < -0.39 is 11.9 Å². The van der Waals surface area contributed by atoms with Crippen LogP contribution in [0.1, 0.15) is 119 Å². The van der Waals surface area contributed by atoms with E-state index in [1.54, 1.807) is 0 Å². The van der Waals surface area contributed by atoms with Crippen molar-refractivity contribution in [1.29, 1.82) is 0 Å². The van der Waals surface area contributed by atoms with Crippen LogP contribution in [-0.2, 0) is 45.2 Å². The van der Waals surface area contributed by atoms with Gasteiger partial charge in [0.1, 0.15) is 23.0 Å². The second kappa shape index (κ2) is 17.3. The quantitative estimate of drug-likeness (QED) is 0.0967. The SMILES string of the molecule is CCCCCCc1ccc2c(c1C(=O)[O-])Cc1ccccc1O2.CCCCCCc1ccc2c(c1C(=O)[O-])Cc1ccccc1O2.[Zn+2]. The molecule has 0 fully saturated rings. The topological polar surface area (TPSA) is 98.7 Å². The standard InChI is InChI=1S/2C20H22O3.Zn/c2*1-2-3-4-5-8-14-11-12-18-16(19(14)20(21)22)13-15-9-6-7-10-17(15)23-18;/h2*6-7,9-12H,2-5,8,13H2,1H3,(H,21,22);/q;;+2/p-2. The fourth-order valence-corrected chi connectivity index (χ4v) is 6.42. The molecule has 0 unspecified atom stereocenters. The molecule has 4 aromatic carbocycles. The van der Waals surface area contributed by atoms with Crippen molar-refractivity contribution in [1.82, 2.24) is 0 Å². The zero-order valence-corrected chi connectivity index (χ0v) is 30.5. The van der Waals surface area contributed by atoms with Gasteiger partial charge in [0.15, 0.2) is 0 Å². The van der Waals surface area contributed by atoms with Crippen LogP contribution in [0.3, 0.4) is 0 Å². The van der Waals surface area contributed by atoms with E-state index in [0.717, 1.165) is 83.4 Å². The Balaban J connectivity index is 0.000000208. The summed E-state index contributed by atoms with van der Waals surface area (Å²) >= 11 is 0. The van der Waals surface area contributed by atoms with E-state index in [1.807, 2.05) is 72.8 Å². The average molecular weight is 684 g/mol. The summed E-state index contributed by atoms with van der Waals surface area (Å²) in [5, 5.41) is 23.5. The molecule has 47 heavy (non-hydrogen) atoms. The summed E-state index contributed by atoms with van der Waals surface area (Å²) in [5.41, 5.74) is 5.91. The summed E-state index contributed by atoms with van der Waals surface area (Å²) in [4.78, 5) is 23.5. The molecule has 0 aromatic heterocycles. The first-order valence-electron chi connectivity index (χ1n) is 16.6. The van der Waals surface area contributed by atoms with Gasteiger partial charge in [-0.2, -0.15) is 0 Å². The summed E-state index contributed by atoms with van der Waals surface area (Å²) in [7, 11) is 0. The van der Waals surface area contributed by atoms with Gasteiger partial charge in [-0.15, -0.1) is 0 Å². The Hall–Kier alpha value is -3.96. The molecule has 0 aliphatic carbocycles. The van der Waals surface area contributed by atoms with Gasteiger partial charge in [0.2, 0.25) is 0 Å². The van der Waals surface area contributed by atoms with Crippen molar-refractivity contribution in [2.45, 2.75) is 90.9 Å². The molecule has 6 nitrogen and oxygen atoms in total. The molecular formula is C40H42O6Zn. The van der Waals surface area contributed by atoms with Crippen LogP contribution in [-0.4, -0.2) is 11.9 Å². The van der Waals surface area contributed by atoms with E-state index >= 15 is 0 Å². The van der Waals surface area contributed by atoms with Gasteiger partial charge in [-0.1, -0.05) is 101 Å². The molecule has 240 valence electrons. The Labute approximate surface area is 290 Å². The minimum atomic E-state index is -1.10. The maximum absolute atomic E-state index is 11.7. The molecule has 0 spiro atoms. The molecule has 0 saturated heterocycles. The number of benzene rings is 4. The number of aryl methyl sites for hydroxylation is 2. The van der Waals surface area contributed by atoms with Crippen LogP contribution in [0, 0.1) is 0 Å². The minimum absolute atomic E-state index is 0. The summed E-state index contributed by atoms with van der Waals surface area (Å²) < 4.78 is 11.8. The van der Waals surface area contributed by atoms with Crippen LogP contribution in [0.2, 0.25) is 0 Å². The molecule has 7 heteroatoms. The Kier molecular flexibility index (Phi) is 13.2. The van der Waals surface area contributed by atoms with Crippen molar-refractivity contribution in [3.8, 4) is 23.0 Å². The molecule has 0 saturated carbocycles. The van der Waals surface area contributed by atoms with Gasteiger partial charge in [-0.05, 0) is 72.2 Å². The molecule has 4 aromatic rings. The van der Waals surface area contributed by atoms with Crippen molar-refractivity contribution in [3.63, 3.8) is 0 Å². The van der Waals surface area contributed by atoms with Crippen LogP contribution in [0.5, 0.6) is 23.0 Å². The number of fused-ring (bicyclic) bond motifs is 4. The third-order valence-corrected chi connectivity index (χ3v) is 8.84. The normalized spacial score (nSPS) is 12.0. The first-order chi connectivity index (χ1) is 22.4. The summed E-state index contributed by atoms with van der Waals surface area (Å²) in [5.74, 6) is 0.686. The molecule has 0 bridgehead atoms. The number of carboxylic acids is 2. The third kappa shape index (κ3) is 8.70. The fraction of sp³-hybridized carbons (Fsp3) is 0.350. The second-order valence-electron chi connectivity index (χ2n) is 12.1. The van der Waals surface area contributed by atoms with E-state index in [1.165, 1.54) is 25.7 Å². The van der Waals surface area contributed by atoms with Crippen molar-refractivity contribution in [2.24, 2.45) is 0 Å². The van der Waals surface area contributed by atoms with Gasteiger partial charge in [0, 0.05) is 35.1 Å². The fourth-order valence-electron chi connectivity index (χ4n) is 6.42. The molecule has 2 aliphatic heterocycles. The number of carbonyl (C=O) groups is 2. The van der Waals surface area contributed by atoms with Gasteiger partial charge in [-0.3, -0.25) is 0 Å². The van der Waals surface area contributed by atoms with Gasteiger partial charge in [0.25, 0.3) is 0 Å². The molecule has 0 radical (unpaired) electrons. The van der Waals surface area contributed by atoms with Crippen LogP contribution in [0.15, 0.2) is 72.8 Å². The number of unbranched alkanes of at least 4 members (excludes halogenated alkanes) is 6. The number of ether oxygens (including phenoxy) is 2. The van der Waals surface area contributed by atoms with E-state index in [2.05, 4.69) is 13.8 Å². The van der Waals surface area contributed by atoms with Crippen molar-refractivity contribution < 1.29 is 48.8 Å². The molecule has 6 rings (SSSR count). The number of carboxylic acid groups (broad SMARTS) is 2. The largest absolute Gasteiger partial charge is 2.00 e. The Morgan fingerprint density at radius 1 is 0.553 bits per heavy atom. The van der Waals surface area contributed by atoms with Gasteiger partial charge in [0.05, 0.1) is 11.9 Å². The van der Waals surface area contributed by atoms with Crippen LogP contribution in [0.25, 0.3) is 0 Å². The van der Waals surface area contributed by atoms with Crippen LogP contribution < -0.4 is 19.7 Å². The number of aromatic carboxylic acids is 2. The van der Waals surface area contributed by atoms with Gasteiger partial charge >= 0.3 is 19.5 Å². The Bertz CT molecular complexity index is 1570. The predicted octanol–water partition coefficient (Wildman–Crippen LogP) is 7.74. The molecule has 0 atom stereocenters. The van der Waals surface area contributed by atoms with Crippen molar-refractivity contribution >= 4 is 11.9 Å². The van der Waals surface area contributed by atoms with Crippen molar-refractivity contribution in [3.05, 3.63) is 117 Å². The maximum Gasteiger partial charge on any atom is 2.00 e. The van der Waals surface area contributed by atoms with Crippen LogP contribution in [0.4, 0.5) is 0 Å². The zero-order chi connectivity index (χ0) is 32.5. The summed E-state index contributed by atoms with van der Waals surface area (Å²) in [6.45, 7) is 4.33. The third-order valence-electron chi connectivity index (χ3n) is 8.84. The number of carbonyl (C=O) groups excluding carboxylic acids is 2. The maximum atomic E-state index is 11.7. The first-order valence-corrected chi connectivity index (χ1v) is 16.6. The van der Waals surface area contributed by atoms with E-state index in [9.17, 15) is 19.8 Å². The van der Waals surface area contributed by atoms with E-state index in [4.69, 9.17) is 9.47 Å². The van der Waals surface area contributed by atoms with Crippen LogP contribution >= 0.6 is 0 Å². The summed E-state index contributed by atoms with van der Waals surface area (Å²) in [6.07, 6.45) is 11.7. The number of hydrogen-bond donors (Lipinski definition) is 0. The van der Waals surface area contributed by atoms with E-state index in [0.29, 0.717) is 35.5 Å². The molecule has 2 aliphatic rings. The number of rotatable bonds is 12. The van der Waals surface area contributed by atoms with Gasteiger partial charge in [-0.25, -0.2) is 0 Å². The van der Waals surface area contributed by atoms with E-state index in [-0.39, 0.29) is 19.5 Å². The number of para-hydroxylation sites is 2. The monoisotopic (exact) mass is 682 g/mol. The second-order valence-corrected chi connectivity index (χ2v) is 12.1. The smallest absolute Gasteiger partial charge is 0.545 e. The molecular weight excluding hydrogens is 642 g/mol. The first kappa shape index (κ1) is 35.9. The summed E-state index contributed by atoms with van der Waals surface area (Å²) in [6, 6.07) is 23.1. The Morgan fingerprint density at radius 3 is 1.34 bits per heavy atom. The molecule has 2 heterocycles. The van der Waals surface area contributed by atoms with Crippen molar-refractivity contribution in [2.75, 3.05) is 0 Å². The zero-order valence-electron chi connectivity index (χ0n) is 27.6. The Morgan fingerprint density at radius 2 is 0.957 bits per heavy atom. The van der Waals surface area contributed by atoms with Gasteiger partial charge < -0.3 is 29.3 Å². The minimum Gasteiger partial charge on any atom is -0.545 e. The molecule has 0 amide bonds. The predicted molar refractivity (Wildman–Crippen MR) is 176 cm³/mol. The molecule has 0 N–H and O–H groups in total.